The van der Waals surface area contributed by atoms with Gasteiger partial charge in [0.15, 0.2) is 0 Å². The SMILES string of the molecule is C=C(C(=O)N(C)[C@@H](CC(C)C)C(=O)N[C@H](C(=O)N(C)[C@@H](CC(C)C)C(=O)N[C@H](C)C(=O)NC)C(C)C)N(C)C(=O)[C@H](CC)NC(=O)C(C[C@H](C)CCCc1ccc(C(=O)OC)cc1)N(C)C(=O)[C@H](C(C)C)N(C)C(=O)[C@H](CC(C)C)N(C)C(=O)[C@H](CC(C)C)N(C)C=O. The number of nitrogens with one attached hydrogen (secondary N) is 4. The number of amides is 11. The van der Waals surface area contributed by atoms with E-state index in [1.165, 1.54) is 94.9 Å². The zero-order valence-electron chi connectivity index (χ0n) is 60.6. The molecule has 0 aromatic heterocycles. The first-order chi connectivity index (χ1) is 43.2. The van der Waals surface area contributed by atoms with E-state index in [9.17, 15) is 47.9 Å². The number of aryl methyl sites for hydroxylation is 1. The van der Waals surface area contributed by atoms with Gasteiger partial charge >= 0.3 is 5.97 Å². The van der Waals surface area contributed by atoms with Gasteiger partial charge in [0, 0.05) is 56.4 Å². The molecule has 1 unspecified atom stereocenters. The Balaban J connectivity index is 3.79. The average Bonchev–Trinajstić information content (AvgIpc) is 0.828. The van der Waals surface area contributed by atoms with Gasteiger partial charge in [-0.15, -0.1) is 0 Å². The molecular weight excluding hydrogens is 1190 g/mol. The molecule has 10 atom stereocenters. The summed E-state index contributed by atoms with van der Waals surface area (Å²) in [5, 5.41) is 10.9. The Bertz CT molecular complexity index is 2700. The quantitative estimate of drug-likeness (QED) is 0.0360. The number of rotatable bonds is 39. The van der Waals surface area contributed by atoms with Crippen LogP contribution in [0.25, 0.3) is 0 Å². The van der Waals surface area contributed by atoms with Crippen LogP contribution in [0.2, 0.25) is 0 Å². The van der Waals surface area contributed by atoms with Gasteiger partial charge < -0.3 is 60.3 Å². The molecule has 1 aromatic rings. The van der Waals surface area contributed by atoms with Gasteiger partial charge in [-0.3, -0.25) is 52.7 Å². The van der Waals surface area contributed by atoms with E-state index in [1.807, 2.05) is 74.4 Å². The molecule has 0 aliphatic carbocycles. The molecule has 0 aliphatic heterocycles. The van der Waals surface area contributed by atoms with Crippen molar-refractivity contribution in [3.05, 3.63) is 47.7 Å². The fraction of sp³-hybridized carbons (Fsp3) is 0.710. The minimum Gasteiger partial charge on any atom is -0.465 e. The van der Waals surface area contributed by atoms with Gasteiger partial charge in [0.25, 0.3) is 5.91 Å². The lowest BCUT2D eigenvalue weighted by Crippen LogP contribution is -2.61. The molecule has 0 bridgehead atoms. The summed E-state index contributed by atoms with van der Waals surface area (Å²) in [6.07, 6.45) is 3.60. The monoisotopic (exact) mass is 1310 g/mol. The second kappa shape index (κ2) is 39.3. The molecule has 24 nitrogen and oxygen atoms in total. The Labute approximate surface area is 555 Å². The summed E-state index contributed by atoms with van der Waals surface area (Å²) in [4.78, 5) is 176. The first kappa shape index (κ1) is 83.6. The molecule has 0 saturated heterocycles. The predicted molar refractivity (Wildman–Crippen MR) is 360 cm³/mol. The third-order valence-corrected chi connectivity index (χ3v) is 17.2. The number of nitrogens with zero attached hydrogens (tertiary/aromatic N) is 7. The van der Waals surface area contributed by atoms with Crippen LogP contribution < -0.4 is 21.3 Å². The maximum Gasteiger partial charge on any atom is 0.337 e. The summed E-state index contributed by atoms with van der Waals surface area (Å²) in [6, 6.07) is -2.64. The van der Waals surface area contributed by atoms with Crippen molar-refractivity contribution in [2.45, 2.75) is 216 Å². The number of hydrogen-bond acceptors (Lipinski definition) is 13. The van der Waals surface area contributed by atoms with Crippen LogP contribution in [0, 0.1) is 41.4 Å². The van der Waals surface area contributed by atoms with Gasteiger partial charge in [-0.1, -0.05) is 122 Å². The summed E-state index contributed by atoms with van der Waals surface area (Å²) >= 11 is 0. The standard InChI is InChI=1S/C69H117N11O13/c1-26-51(64(87)75(19)48(16)63(86)76(20)53(35-41(4)5)62(85)73-57(44(10)11)67(90)77(21)52(34-40(2)3)60(83)71-47(15)59(82)70-17)72-61(84)54(38-46(14)28-27-29-49-30-32-50(33-31-49)69(92)93-25)78(22)68(91)58(45(12)13)80(24)66(89)56(37-43(8)9)79(23)65(88)55(36-42(6)7)74(18)39-81/h30-33,39-47,51-58H,16,26-29,34-38H2,1-15,17-25H3,(H,70,82)(H,71,83)(H,72,84)(H,73,85)/t46-,47-,51+,52+,53+,54?,55+,56+,57+,58+/m1/s1. The fourth-order valence-corrected chi connectivity index (χ4v) is 11.3. The summed E-state index contributed by atoms with van der Waals surface area (Å²) in [5.41, 5.74) is 1.05. The van der Waals surface area contributed by atoms with Crippen LogP contribution >= 0.6 is 0 Å². The van der Waals surface area contributed by atoms with Gasteiger partial charge in [0.2, 0.25) is 59.6 Å². The second-order valence-electron chi connectivity index (χ2n) is 27.6. The average molecular weight is 1310 g/mol. The highest BCUT2D eigenvalue weighted by Gasteiger charge is 2.43. The van der Waals surface area contributed by atoms with Crippen LogP contribution in [0.5, 0.6) is 0 Å². The topological polar surface area (TPSA) is 285 Å². The van der Waals surface area contributed by atoms with E-state index in [0.29, 0.717) is 37.7 Å². The first-order valence-corrected chi connectivity index (χ1v) is 32.9. The largest absolute Gasteiger partial charge is 0.465 e. The Kier molecular flexibility index (Phi) is 35.4. The van der Waals surface area contributed by atoms with Crippen LogP contribution in [0.3, 0.4) is 0 Å². The zero-order chi connectivity index (χ0) is 71.8. The molecule has 0 saturated carbocycles. The van der Waals surface area contributed by atoms with Gasteiger partial charge in [-0.2, -0.15) is 0 Å². The number of ether oxygens (including phenoxy) is 1. The number of esters is 1. The van der Waals surface area contributed by atoms with Crippen molar-refractivity contribution in [3.63, 3.8) is 0 Å². The van der Waals surface area contributed by atoms with Crippen molar-refractivity contribution in [2.24, 2.45) is 41.4 Å². The van der Waals surface area contributed by atoms with Gasteiger partial charge in [-0.05, 0) is 117 Å². The zero-order valence-corrected chi connectivity index (χ0v) is 60.6. The van der Waals surface area contributed by atoms with E-state index in [-0.39, 0.29) is 67.4 Å². The van der Waals surface area contributed by atoms with Gasteiger partial charge in [-0.25, -0.2) is 4.79 Å². The Morgan fingerprint density at radius 3 is 1.42 bits per heavy atom. The first-order valence-electron chi connectivity index (χ1n) is 32.9. The third-order valence-electron chi connectivity index (χ3n) is 17.2. The van der Waals surface area contributed by atoms with Crippen molar-refractivity contribution in [1.82, 2.24) is 55.6 Å². The summed E-state index contributed by atoms with van der Waals surface area (Å²) in [7, 11) is 13.0. The lowest BCUT2D eigenvalue weighted by atomic mass is 9.92. The fourth-order valence-electron chi connectivity index (χ4n) is 11.3. The second-order valence-corrected chi connectivity index (χ2v) is 27.6. The van der Waals surface area contributed by atoms with Gasteiger partial charge in [0.1, 0.15) is 60.1 Å². The van der Waals surface area contributed by atoms with E-state index in [1.54, 1.807) is 46.8 Å². The third kappa shape index (κ3) is 24.8. The van der Waals surface area contributed by atoms with E-state index >= 15 is 9.59 Å². The van der Waals surface area contributed by atoms with Crippen molar-refractivity contribution in [2.75, 3.05) is 63.5 Å². The molecule has 0 spiro atoms. The van der Waals surface area contributed by atoms with Gasteiger partial charge in [0.05, 0.1) is 12.7 Å². The molecule has 11 amide bonds. The van der Waals surface area contributed by atoms with Crippen molar-refractivity contribution < 1.29 is 62.3 Å². The maximum absolute atomic E-state index is 15.2. The Morgan fingerprint density at radius 2 is 0.957 bits per heavy atom. The minimum absolute atomic E-state index is 0.0289. The van der Waals surface area contributed by atoms with Crippen LogP contribution in [0.1, 0.15) is 171 Å². The molecule has 0 radical (unpaired) electrons. The Morgan fingerprint density at radius 1 is 0.516 bits per heavy atom. The minimum atomic E-state index is -1.27. The molecule has 4 N–H and O–H groups in total. The number of benzene rings is 1. The molecule has 526 valence electrons. The number of carbonyl (C=O) groups is 12. The smallest absolute Gasteiger partial charge is 0.337 e. The maximum atomic E-state index is 15.2. The lowest BCUT2D eigenvalue weighted by molar-refractivity contribution is -0.155. The van der Waals surface area contributed by atoms with Crippen LogP contribution in [0.4, 0.5) is 0 Å². The van der Waals surface area contributed by atoms with Crippen molar-refractivity contribution >= 4 is 71.5 Å². The van der Waals surface area contributed by atoms with E-state index in [0.717, 1.165) is 15.4 Å². The number of methoxy groups -OCH3 is 1. The summed E-state index contributed by atoms with van der Waals surface area (Å²) < 4.78 is 4.85. The van der Waals surface area contributed by atoms with Crippen LogP contribution in [0.15, 0.2) is 36.5 Å². The molecule has 1 aromatic carbocycles. The number of hydrogen-bond donors (Lipinski definition) is 4. The Hall–Kier alpha value is -7.40. The summed E-state index contributed by atoms with van der Waals surface area (Å²) in [5.74, 6) is -7.82. The molecule has 93 heavy (non-hydrogen) atoms. The highest BCUT2D eigenvalue weighted by atomic mass is 16.5. The molecule has 24 heteroatoms. The molecule has 0 heterocycles. The van der Waals surface area contributed by atoms with Crippen molar-refractivity contribution in [3.8, 4) is 0 Å². The molecule has 0 aliphatic rings. The number of carbonyl (C=O) groups excluding carboxylic acids is 12. The normalized spacial score (nSPS) is 14.7. The molecule has 0 fully saturated rings. The van der Waals surface area contributed by atoms with Crippen LogP contribution in [-0.2, 0) is 63.9 Å². The summed E-state index contributed by atoms with van der Waals surface area (Å²) in [6.45, 7) is 31.3. The van der Waals surface area contributed by atoms with Crippen molar-refractivity contribution in [1.29, 1.82) is 0 Å². The van der Waals surface area contributed by atoms with E-state index in [4.69, 9.17) is 4.74 Å². The van der Waals surface area contributed by atoms with E-state index in [2.05, 4.69) is 27.8 Å². The predicted octanol–water partition coefficient (Wildman–Crippen LogP) is 5.51. The molecule has 1 rings (SSSR count). The van der Waals surface area contributed by atoms with Crippen LogP contribution in [-0.4, -0.2) is 224 Å². The molecular formula is C69H117N11O13. The lowest BCUT2D eigenvalue weighted by Gasteiger charge is -2.40. The van der Waals surface area contributed by atoms with E-state index < -0.39 is 131 Å². The number of likely N-dealkylation sites (N-methyl/N-ethyl adjacent to an activating group) is 8. The highest BCUT2D eigenvalue weighted by molar-refractivity contribution is 6.02. The highest BCUT2D eigenvalue weighted by Crippen LogP contribution is 2.26.